The van der Waals surface area contributed by atoms with E-state index >= 15 is 0 Å². The number of nitrogens with zero attached hydrogens (tertiary/aromatic N) is 2. The highest BCUT2D eigenvalue weighted by molar-refractivity contribution is 5.94. The van der Waals surface area contributed by atoms with Crippen molar-refractivity contribution < 1.29 is 19.4 Å². The van der Waals surface area contributed by atoms with E-state index in [1.807, 2.05) is 35.2 Å². The van der Waals surface area contributed by atoms with Crippen LogP contribution < -0.4 is 4.90 Å². The lowest BCUT2D eigenvalue weighted by atomic mass is 10.1. The summed E-state index contributed by atoms with van der Waals surface area (Å²) in [5, 5.41) is 9.68. The molecule has 2 saturated heterocycles. The SMILES string of the molecule is O=C(c1ccc(N2CCOCC2)cc1)N1CCOC(c2cccc(O)c2)C1. The number of benzene rings is 2. The fourth-order valence-corrected chi connectivity index (χ4v) is 3.58. The van der Waals surface area contributed by atoms with E-state index in [-0.39, 0.29) is 17.8 Å². The van der Waals surface area contributed by atoms with Gasteiger partial charge in [-0.05, 0) is 42.0 Å². The molecule has 0 radical (unpaired) electrons. The quantitative estimate of drug-likeness (QED) is 0.902. The number of hydrogen-bond acceptors (Lipinski definition) is 5. The molecule has 6 nitrogen and oxygen atoms in total. The fraction of sp³-hybridized carbons (Fsp3) is 0.381. The van der Waals surface area contributed by atoms with Gasteiger partial charge in [0.05, 0.1) is 26.4 Å². The fourth-order valence-electron chi connectivity index (χ4n) is 3.58. The van der Waals surface area contributed by atoms with E-state index in [2.05, 4.69) is 4.90 Å². The Morgan fingerprint density at radius 2 is 1.78 bits per heavy atom. The number of rotatable bonds is 3. The predicted molar refractivity (Wildman–Crippen MR) is 102 cm³/mol. The molecule has 1 unspecified atom stereocenters. The van der Waals surface area contributed by atoms with E-state index in [0.29, 0.717) is 25.3 Å². The molecule has 0 saturated carbocycles. The molecule has 2 heterocycles. The lowest BCUT2D eigenvalue weighted by Gasteiger charge is -2.33. The maximum Gasteiger partial charge on any atom is 0.254 e. The summed E-state index contributed by atoms with van der Waals surface area (Å²) in [4.78, 5) is 17.0. The predicted octanol–water partition coefficient (Wildman–Crippen LogP) is 2.44. The molecule has 2 aliphatic heterocycles. The molecule has 4 rings (SSSR count). The van der Waals surface area contributed by atoms with E-state index in [0.717, 1.165) is 37.6 Å². The number of aromatic hydroxyl groups is 1. The average Bonchev–Trinajstić information content (AvgIpc) is 2.74. The van der Waals surface area contributed by atoms with Crippen LogP contribution in [0.1, 0.15) is 22.0 Å². The minimum Gasteiger partial charge on any atom is -0.508 e. The number of anilines is 1. The van der Waals surface area contributed by atoms with Crippen molar-refractivity contribution >= 4 is 11.6 Å². The largest absolute Gasteiger partial charge is 0.508 e. The summed E-state index contributed by atoms with van der Waals surface area (Å²) < 4.78 is 11.2. The smallest absolute Gasteiger partial charge is 0.254 e. The van der Waals surface area contributed by atoms with Crippen LogP contribution in [-0.2, 0) is 9.47 Å². The Morgan fingerprint density at radius 1 is 1.00 bits per heavy atom. The van der Waals surface area contributed by atoms with Crippen molar-refractivity contribution in [3.8, 4) is 5.75 Å². The second kappa shape index (κ2) is 7.98. The van der Waals surface area contributed by atoms with Gasteiger partial charge in [-0.3, -0.25) is 4.79 Å². The molecule has 1 amide bonds. The van der Waals surface area contributed by atoms with Crippen LogP contribution in [-0.4, -0.2) is 61.9 Å². The third-order valence-corrected chi connectivity index (χ3v) is 5.09. The summed E-state index contributed by atoms with van der Waals surface area (Å²) in [7, 11) is 0. The first kappa shape index (κ1) is 17.8. The first-order valence-corrected chi connectivity index (χ1v) is 9.33. The summed E-state index contributed by atoms with van der Waals surface area (Å²) >= 11 is 0. The van der Waals surface area contributed by atoms with E-state index < -0.39 is 0 Å². The lowest BCUT2D eigenvalue weighted by Crippen LogP contribution is -2.42. The first-order valence-electron chi connectivity index (χ1n) is 9.33. The van der Waals surface area contributed by atoms with Gasteiger partial charge >= 0.3 is 0 Å². The van der Waals surface area contributed by atoms with Gasteiger partial charge in [-0.1, -0.05) is 12.1 Å². The highest BCUT2D eigenvalue weighted by Gasteiger charge is 2.26. The summed E-state index contributed by atoms with van der Waals surface area (Å²) in [6.07, 6.45) is -0.220. The zero-order chi connectivity index (χ0) is 18.6. The van der Waals surface area contributed by atoms with Gasteiger partial charge in [0, 0.05) is 30.9 Å². The van der Waals surface area contributed by atoms with Crippen LogP contribution in [0.2, 0.25) is 0 Å². The van der Waals surface area contributed by atoms with Crippen LogP contribution in [0.5, 0.6) is 5.75 Å². The van der Waals surface area contributed by atoms with Crippen molar-refractivity contribution in [1.29, 1.82) is 0 Å². The number of ether oxygens (including phenoxy) is 2. The van der Waals surface area contributed by atoms with Crippen LogP contribution in [0.4, 0.5) is 5.69 Å². The number of hydrogen-bond donors (Lipinski definition) is 1. The van der Waals surface area contributed by atoms with Crippen molar-refractivity contribution in [2.24, 2.45) is 0 Å². The second-order valence-electron chi connectivity index (χ2n) is 6.85. The minimum absolute atomic E-state index is 0.0111. The van der Waals surface area contributed by atoms with E-state index in [1.165, 1.54) is 0 Å². The Morgan fingerprint density at radius 3 is 2.52 bits per heavy atom. The molecule has 0 aromatic heterocycles. The molecule has 142 valence electrons. The number of phenols is 1. The van der Waals surface area contributed by atoms with Crippen LogP contribution in [0.15, 0.2) is 48.5 Å². The Hall–Kier alpha value is -2.57. The molecular weight excluding hydrogens is 344 g/mol. The van der Waals surface area contributed by atoms with Crippen molar-refractivity contribution in [3.05, 3.63) is 59.7 Å². The van der Waals surface area contributed by atoms with Crippen LogP contribution >= 0.6 is 0 Å². The summed E-state index contributed by atoms with van der Waals surface area (Å²) in [6.45, 7) is 4.77. The van der Waals surface area contributed by atoms with E-state index in [1.54, 1.807) is 18.2 Å². The minimum atomic E-state index is -0.220. The summed E-state index contributed by atoms with van der Waals surface area (Å²) in [5.41, 5.74) is 2.69. The topological polar surface area (TPSA) is 62.2 Å². The van der Waals surface area contributed by atoms with Crippen molar-refractivity contribution in [2.45, 2.75) is 6.10 Å². The maximum atomic E-state index is 12.9. The molecular formula is C21H24N2O4. The van der Waals surface area contributed by atoms with Crippen molar-refractivity contribution in [2.75, 3.05) is 50.9 Å². The Labute approximate surface area is 158 Å². The molecule has 0 spiro atoms. The van der Waals surface area contributed by atoms with Gasteiger partial charge in [-0.15, -0.1) is 0 Å². The molecule has 2 fully saturated rings. The molecule has 6 heteroatoms. The third-order valence-electron chi connectivity index (χ3n) is 5.09. The van der Waals surface area contributed by atoms with E-state index in [9.17, 15) is 9.90 Å². The van der Waals surface area contributed by atoms with Gasteiger partial charge in [0.1, 0.15) is 11.9 Å². The van der Waals surface area contributed by atoms with Crippen LogP contribution in [0, 0.1) is 0 Å². The van der Waals surface area contributed by atoms with Gasteiger partial charge in [0.15, 0.2) is 0 Å². The number of amides is 1. The maximum absolute atomic E-state index is 12.9. The Balaban J connectivity index is 1.44. The number of morpholine rings is 2. The van der Waals surface area contributed by atoms with Gasteiger partial charge in [-0.2, -0.15) is 0 Å². The molecule has 2 aromatic carbocycles. The number of phenolic OH excluding ortho intramolecular Hbond substituents is 1. The second-order valence-corrected chi connectivity index (χ2v) is 6.85. The average molecular weight is 368 g/mol. The van der Waals surface area contributed by atoms with Gasteiger partial charge < -0.3 is 24.4 Å². The van der Waals surface area contributed by atoms with Gasteiger partial charge in [0.25, 0.3) is 5.91 Å². The van der Waals surface area contributed by atoms with Crippen molar-refractivity contribution in [1.82, 2.24) is 4.90 Å². The third kappa shape index (κ3) is 4.07. The Kier molecular flexibility index (Phi) is 5.27. The van der Waals surface area contributed by atoms with Gasteiger partial charge in [0.2, 0.25) is 0 Å². The molecule has 0 bridgehead atoms. The van der Waals surface area contributed by atoms with Crippen LogP contribution in [0.3, 0.4) is 0 Å². The first-order chi connectivity index (χ1) is 13.2. The van der Waals surface area contributed by atoms with Gasteiger partial charge in [-0.25, -0.2) is 0 Å². The molecule has 2 aliphatic rings. The normalized spacial score (nSPS) is 20.5. The monoisotopic (exact) mass is 368 g/mol. The molecule has 27 heavy (non-hydrogen) atoms. The molecule has 1 N–H and O–H groups in total. The lowest BCUT2D eigenvalue weighted by molar-refractivity contribution is -0.0228. The molecule has 2 aromatic rings. The highest BCUT2D eigenvalue weighted by Crippen LogP contribution is 2.26. The highest BCUT2D eigenvalue weighted by atomic mass is 16.5. The van der Waals surface area contributed by atoms with Crippen LogP contribution in [0.25, 0.3) is 0 Å². The Bertz CT molecular complexity index is 787. The zero-order valence-electron chi connectivity index (χ0n) is 15.2. The number of carbonyl (C=O) groups is 1. The summed E-state index contributed by atoms with van der Waals surface area (Å²) in [5.74, 6) is 0.218. The van der Waals surface area contributed by atoms with Crippen molar-refractivity contribution in [3.63, 3.8) is 0 Å². The standard InChI is InChI=1S/C21H24N2O4/c24-19-3-1-2-17(14-19)20-15-23(10-13-27-20)21(25)16-4-6-18(7-5-16)22-8-11-26-12-9-22/h1-7,14,20,24H,8-13,15H2. The number of carbonyl (C=O) groups excluding carboxylic acids is 1. The summed E-state index contributed by atoms with van der Waals surface area (Å²) in [6, 6.07) is 14.8. The van der Waals surface area contributed by atoms with E-state index in [4.69, 9.17) is 9.47 Å². The zero-order valence-corrected chi connectivity index (χ0v) is 15.2. The molecule has 0 aliphatic carbocycles. The molecule has 1 atom stereocenters.